The summed E-state index contributed by atoms with van der Waals surface area (Å²) in [6.45, 7) is 4.94. The van der Waals surface area contributed by atoms with Crippen LogP contribution in [0, 0.1) is 5.92 Å². The minimum atomic E-state index is 0.0292. The van der Waals surface area contributed by atoms with Crippen LogP contribution >= 0.6 is 0 Å². The Kier molecular flexibility index (Phi) is 5.99. The van der Waals surface area contributed by atoms with Crippen LogP contribution in [-0.2, 0) is 0 Å². The van der Waals surface area contributed by atoms with Crippen molar-refractivity contribution in [1.82, 2.24) is 0 Å². The fraction of sp³-hybridized carbons (Fsp3) is 0.500. The second-order valence-corrected chi connectivity index (χ2v) is 4.73. The largest absolute Gasteiger partial charge is 0.497 e. The van der Waals surface area contributed by atoms with E-state index in [1.807, 2.05) is 0 Å². The van der Waals surface area contributed by atoms with Crippen molar-refractivity contribution in [3.05, 3.63) is 23.8 Å². The number of benzene rings is 1. The molecule has 5 heteroatoms. The molecule has 0 aliphatic carbocycles. The minimum Gasteiger partial charge on any atom is -0.497 e. The molecule has 0 saturated heterocycles. The molecule has 0 bridgehead atoms. The molecule has 1 rings (SSSR count). The molecule has 19 heavy (non-hydrogen) atoms. The highest BCUT2D eigenvalue weighted by molar-refractivity contribution is 5.99. The summed E-state index contributed by atoms with van der Waals surface area (Å²) in [5.74, 6) is 1.92. The number of hydrogen-bond donors (Lipinski definition) is 2. The highest BCUT2D eigenvalue weighted by atomic mass is 16.5. The second-order valence-electron chi connectivity index (χ2n) is 4.73. The van der Waals surface area contributed by atoms with E-state index in [4.69, 9.17) is 20.4 Å². The number of ether oxygens (including phenoxy) is 2. The molecule has 0 atom stereocenters. The number of rotatable bonds is 7. The smallest absolute Gasteiger partial charge is 0.173 e. The van der Waals surface area contributed by atoms with Gasteiger partial charge in [-0.25, -0.2) is 0 Å². The van der Waals surface area contributed by atoms with Crippen LogP contribution in [0.15, 0.2) is 23.4 Å². The van der Waals surface area contributed by atoms with Crippen LogP contribution in [0.2, 0.25) is 0 Å². The predicted molar refractivity (Wildman–Crippen MR) is 75.1 cm³/mol. The number of hydrogen-bond acceptors (Lipinski definition) is 4. The number of oxime groups is 1. The third-order valence-electron chi connectivity index (χ3n) is 2.76. The molecule has 0 aromatic heterocycles. The number of nitrogens with two attached hydrogens (primary N) is 1. The summed E-state index contributed by atoms with van der Waals surface area (Å²) in [6, 6.07) is 5.20. The van der Waals surface area contributed by atoms with E-state index in [9.17, 15) is 0 Å². The molecule has 0 heterocycles. The van der Waals surface area contributed by atoms with Crippen LogP contribution in [-0.4, -0.2) is 24.8 Å². The summed E-state index contributed by atoms with van der Waals surface area (Å²) in [4.78, 5) is 0. The lowest BCUT2D eigenvalue weighted by Crippen LogP contribution is -2.15. The van der Waals surface area contributed by atoms with Gasteiger partial charge in [-0.3, -0.25) is 0 Å². The van der Waals surface area contributed by atoms with Crippen molar-refractivity contribution in [2.24, 2.45) is 16.8 Å². The maximum atomic E-state index is 8.76. The highest BCUT2D eigenvalue weighted by Gasteiger charge is 2.10. The third kappa shape index (κ3) is 4.69. The van der Waals surface area contributed by atoms with Gasteiger partial charge in [-0.15, -0.1) is 0 Å². The van der Waals surface area contributed by atoms with E-state index in [2.05, 4.69) is 19.0 Å². The molecule has 1 aromatic rings. The lowest BCUT2D eigenvalue weighted by atomic mass is 10.1. The van der Waals surface area contributed by atoms with Gasteiger partial charge in [0.05, 0.1) is 19.3 Å². The fourth-order valence-corrected chi connectivity index (χ4v) is 1.69. The molecule has 0 radical (unpaired) electrons. The Hall–Kier alpha value is -1.91. The first-order valence-electron chi connectivity index (χ1n) is 6.37. The second kappa shape index (κ2) is 7.51. The molecule has 3 N–H and O–H groups in total. The summed E-state index contributed by atoms with van der Waals surface area (Å²) in [7, 11) is 1.58. The first-order valence-corrected chi connectivity index (χ1v) is 6.37. The molecule has 0 spiro atoms. The zero-order valence-electron chi connectivity index (χ0n) is 11.7. The maximum Gasteiger partial charge on any atom is 0.173 e. The molecule has 106 valence electrons. The van der Waals surface area contributed by atoms with Crippen LogP contribution < -0.4 is 15.2 Å². The molecular formula is C14H22N2O3. The first kappa shape index (κ1) is 15.1. The van der Waals surface area contributed by atoms with E-state index in [0.29, 0.717) is 29.6 Å². The normalized spacial score (nSPS) is 11.7. The van der Waals surface area contributed by atoms with Gasteiger partial charge >= 0.3 is 0 Å². The third-order valence-corrected chi connectivity index (χ3v) is 2.76. The van der Waals surface area contributed by atoms with Crippen LogP contribution in [0.25, 0.3) is 0 Å². The zero-order chi connectivity index (χ0) is 14.3. The van der Waals surface area contributed by atoms with Crippen molar-refractivity contribution in [3.8, 4) is 11.5 Å². The van der Waals surface area contributed by atoms with Crippen LogP contribution in [0.5, 0.6) is 11.5 Å². The molecule has 1 aromatic carbocycles. The predicted octanol–water partition coefficient (Wildman–Crippen LogP) is 2.60. The Bertz CT molecular complexity index is 431. The molecule has 0 unspecified atom stereocenters. The summed E-state index contributed by atoms with van der Waals surface area (Å²) in [5.41, 5.74) is 6.18. The standard InChI is InChI=1S/C14H22N2O3/c1-10(2)5-4-8-19-13-9-11(18-3)6-7-12(13)14(15)16-17/h6-7,9-10,17H,4-5,8H2,1-3H3,(H2,15,16). The fourth-order valence-electron chi connectivity index (χ4n) is 1.69. The Morgan fingerprint density at radius 1 is 1.42 bits per heavy atom. The number of methoxy groups -OCH3 is 1. The summed E-state index contributed by atoms with van der Waals surface area (Å²) < 4.78 is 10.8. The number of nitrogens with zero attached hydrogens (tertiary/aromatic N) is 1. The highest BCUT2D eigenvalue weighted by Crippen LogP contribution is 2.25. The Labute approximate surface area is 114 Å². The average Bonchev–Trinajstić information content (AvgIpc) is 2.42. The van der Waals surface area contributed by atoms with E-state index in [-0.39, 0.29) is 5.84 Å². The van der Waals surface area contributed by atoms with Crippen molar-refractivity contribution in [1.29, 1.82) is 0 Å². The van der Waals surface area contributed by atoms with Gasteiger partial charge in [0, 0.05) is 6.07 Å². The van der Waals surface area contributed by atoms with Gasteiger partial charge in [0.2, 0.25) is 0 Å². The first-order chi connectivity index (χ1) is 9.08. The Morgan fingerprint density at radius 3 is 2.74 bits per heavy atom. The van der Waals surface area contributed by atoms with Gasteiger partial charge in [0.25, 0.3) is 0 Å². The van der Waals surface area contributed by atoms with Gasteiger partial charge in [-0.1, -0.05) is 19.0 Å². The summed E-state index contributed by atoms with van der Waals surface area (Å²) in [5, 5.41) is 11.8. The monoisotopic (exact) mass is 266 g/mol. The quantitative estimate of drug-likeness (QED) is 0.261. The lowest BCUT2D eigenvalue weighted by molar-refractivity contribution is 0.294. The minimum absolute atomic E-state index is 0.0292. The lowest BCUT2D eigenvalue weighted by Gasteiger charge is -2.12. The molecule has 0 aliphatic heterocycles. The SMILES string of the molecule is COc1ccc(/C(N)=N/O)c(OCCCC(C)C)c1. The van der Waals surface area contributed by atoms with E-state index >= 15 is 0 Å². The van der Waals surface area contributed by atoms with Crippen molar-refractivity contribution in [3.63, 3.8) is 0 Å². The van der Waals surface area contributed by atoms with Crippen molar-refractivity contribution < 1.29 is 14.7 Å². The summed E-state index contributed by atoms with van der Waals surface area (Å²) >= 11 is 0. The van der Waals surface area contributed by atoms with Crippen LogP contribution in [0.4, 0.5) is 0 Å². The molecular weight excluding hydrogens is 244 g/mol. The van der Waals surface area contributed by atoms with Crippen molar-refractivity contribution >= 4 is 5.84 Å². The molecule has 0 saturated carbocycles. The van der Waals surface area contributed by atoms with Crippen LogP contribution in [0.1, 0.15) is 32.3 Å². The van der Waals surface area contributed by atoms with Gasteiger partial charge in [-0.05, 0) is 30.9 Å². The molecule has 0 aliphatic rings. The topological polar surface area (TPSA) is 77.1 Å². The molecule has 0 amide bonds. The zero-order valence-corrected chi connectivity index (χ0v) is 11.7. The Balaban J connectivity index is 2.77. The summed E-state index contributed by atoms with van der Waals surface area (Å²) in [6.07, 6.45) is 2.06. The maximum absolute atomic E-state index is 8.76. The van der Waals surface area contributed by atoms with E-state index in [0.717, 1.165) is 12.8 Å². The van der Waals surface area contributed by atoms with Crippen molar-refractivity contribution in [2.75, 3.05) is 13.7 Å². The molecule has 0 fully saturated rings. The van der Waals surface area contributed by atoms with Gasteiger partial charge < -0.3 is 20.4 Å². The molecule has 5 nitrogen and oxygen atoms in total. The average molecular weight is 266 g/mol. The van der Waals surface area contributed by atoms with Gasteiger partial charge in [-0.2, -0.15) is 0 Å². The van der Waals surface area contributed by atoms with Crippen molar-refractivity contribution in [2.45, 2.75) is 26.7 Å². The van der Waals surface area contributed by atoms with Gasteiger partial charge in [0.15, 0.2) is 5.84 Å². The van der Waals surface area contributed by atoms with Gasteiger partial charge in [0.1, 0.15) is 11.5 Å². The Morgan fingerprint density at radius 2 is 2.16 bits per heavy atom. The van der Waals surface area contributed by atoms with E-state index in [1.165, 1.54) is 0 Å². The van der Waals surface area contributed by atoms with E-state index < -0.39 is 0 Å². The van der Waals surface area contributed by atoms with Crippen LogP contribution in [0.3, 0.4) is 0 Å². The van der Waals surface area contributed by atoms with E-state index in [1.54, 1.807) is 25.3 Å². The number of amidine groups is 1.